The van der Waals surface area contributed by atoms with Crippen molar-refractivity contribution in [1.29, 1.82) is 0 Å². The summed E-state index contributed by atoms with van der Waals surface area (Å²) in [6.45, 7) is 4.79. The van der Waals surface area contributed by atoms with Crippen LogP contribution < -0.4 is 5.32 Å². The van der Waals surface area contributed by atoms with Crippen molar-refractivity contribution in [3.63, 3.8) is 0 Å². The highest BCUT2D eigenvalue weighted by molar-refractivity contribution is 7.99. The lowest BCUT2D eigenvalue weighted by Crippen LogP contribution is -2.24. The van der Waals surface area contributed by atoms with Crippen LogP contribution in [-0.4, -0.2) is 24.0 Å². The molecule has 0 fully saturated rings. The Morgan fingerprint density at radius 1 is 1.50 bits per heavy atom. The molecule has 0 atom stereocenters. The summed E-state index contributed by atoms with van der Waals surface area (Å²) < 4.78 is 0. The largest absolute Gasteiger partial charge is 0.356 e. The van der Waals surface area contributed by atoms with E-state index >= 15 is 0 Å². The van der Waals surface area contributed by atoms with Gasteiger partial charge in [-0.05, 0) is 19.1 Å². The summed E-state index contributed by atoms with van der Waals surface area (Å²) in [5, 5.41) is 2.74. The molecule has 1 N–H and O–H groups in total. The Balaban J connectivity index is 3.05. The van der Waals surface area contributed by atoms with Gasteiger partial charge in [0.2, 0.25) is 5.91 Å². The first-order valence-corrected chi connectivity index (χ1v) is 4.81. The van der Waals surface area contributed by atoms with Gasteiger partial charge in [0.1, 0.15) is 0 Å². The molecule has 2 nitrogen and oxygen atoms in total. The van der Waals surface area contributed by atoms with Crippen LogP contribution >= 0.6 is 11.8 Å². The van der Waals surface area contributed by atoms with Crippen LogP contribution in [-0.2, 0) is 4.79 Å². The Hall–Kier alpha value is -0.180. The monoisotopic (exact) mass is 161 g/mol. The molecular formula is C7H15NOS. The fourth-order valence-electron chi connectivity index (χ4n) is 0.557. The Labute approximate surface area is 66.8 Å². The maximum Gasteiger partial charge on any atom is 0.229 e. The lowest BCUT2D eigenvalue weighted by atomic mass is 10.6. The fourth-order valence-corrected chi connectivity index (χ4v) is 1.28. The lowest BCUT2D eigenvalue weighted by molar-refractivity contribution is -0.118. The highest BCUT2D eigenvalue weighted by atomic mass is 32.2. The Kier molecular flexibility index (Phi) is 6.81. The summed E-state index contributed by atoms with van der Waals surface area (Å²) in [5.41, 5.74) is 0. The van der Waals surface area contributed by atoms with Crippen molar-refractivity contribution in [1.82, 2.24) is 5.32 Å². The smallest absolute Gasteiger partial charge is 0.229 e. The van der Waals surface area contributed by atoms with E-state index in [1.807, 2.05) is 6.92 Å². The molecule has 3 heteroatoms. The summed E-state index contributed by atoms with van der Waals surface area (Å²) in [6, 6.07) is 0. The van der Waals surface area contributed by atoms with E-state index in [2.05, 4.69) is 12.2 Å². The third kappa shape index (κ3) is 5.95. The minimum Gasteiger partial charge on any atom is -0.356 e. The molecule has 0 unspecified atom stereocenters. The molecule has 0 saturated heterocycles. The number of amides is 1. The maximum absolute atomic E-state index is 10.8. The van der Waals surface area contributed by atoms with Crippen molar-refractivity contribution < 1.29 is 4.79 Å². The van der Waals surface area contributed by atoms with Gasteiger partial charge >= 0.3 is 0 Å². The van der Waals surface area contributed by atoms with Crippen LogP contribution in [0.2, 0.25) is 0 Å². The van der Waals surface area contributed by atoms with E-state index in [1.165, 1.54) is 0 Å². The number of carbonyl (C=O) groups excluding carboxylic acids is 1. The van der Waals surface area contributed by atoms with Gasteiger partial charge in [-0.15, -0.1) is 0 Å². The summed E-state index contributed by atoms with van der Waals surface area (Å²) in [6.07, 6.45) is 1.14. The average molecular weight is 161 g/mol. The van der Waals surface area contributed by atoms with Gasteiger partial charge < -0.3 is 5.32 Å². The zero-order valence-electron chi connectivity index (χ0n) is 6.64. The molecule has 60 valence electrons. The molecule has 0 spiro atoms. The standard InChI is InChI=1S/C7H15NOS/c1-3-5-10-6-7(9)8-4-2/h3-6H2,1-2H3,(H,8,9). The summed E-state index contributed by atoms with van der Waals surface area (Å²) >= 11 is 1.69. The van der Waals surface area contributed by atoms with E-state index in [-0.39, 0.29) is 5.91 Å². The summed E-state index contributed by atoms with van der Waals surface area (Å²) in [4.78, 5) is 10.8. The van der Waals surface area contributed by atoms with Crippen molar-refractivity contribution >= 4 is 17.7 Å². The molecule has 0 bridgehead atoms. The summed E-state index contributed by atoms with van der Waals surface area (Å²) in [7, 11) is 0. The number of nitrogens with one attached hydrogen (secondary N) is 1. The van der Waals surface area contributed by atoms with Gasteiger partial charge in [0.05, 0.1) is 5.75 Å². The molecule has 0 aromatic rings. The van der Waals surface area contributed by atoms with Crippen LogP contribution in [0.3, 0.4) is 0 Å². The van der Waals surface area contributed by atoms with Gasteiger partial charge in [-0.25, -0.2) is 0 Å². The number of hydrogen-bond acceptors (Lipinski definition) is 2. The second kappa shape index (κ2) is 6.93. The topological polar surface area (TPSA) is 29.1 Å². The normalized spacial score (nSPS) is 9.40. The Morgan fingerprint density at radius 3 is 2.70 bits per heavy atom. The predicted molar refractivity (Wildman–Crippen MR) is 46.3 cm³/mol. The first-order chi connectivity index (χ1) is 4.81. The van der Waals surface area contributed by atoms with Gasteiger partial charge in [0, 0.05) is 6.54 Å². The van der Waals surface area contributed by atoms with E-state index in [0.717, 1.165) is 18.7 Å². The molecule has 0 aliphatic carbocycles. The molecule has 0 aromatic carbocycles. The molecule has 0 aliphatic heterocycles. The number of thioether (sulfide) groups is 1. The Morgan fingerprint density at radius 2 is 2.20 bits per heavy atom. The third-order valence-corrected chi connectivity index (χ3v) is 2.12. The van der Waals surface area contributed by atoms with Gasteiger partial charge in [-0.2, -0.15) is 11.8 Å². The van der Waals surface area contributed by atoms with Gasteiger partial charge in [0.25, 0.3) is 0 Å². The predicted octanol–water partition coefficient (Wildman–Crippen LogP) is 1.27. The molecule has 1 amide bonds. The minimum absolute atomic E-state index is 0.154. The van der Waals surface area contributed by atoms with Crippen LogP contribution in [0.1, 0.15) is 20.3 Å². The molecule has 10 heavy (non-hydrogen) atoms. The van der Waals surface area contributed by atoms with Crippen molar-refractivity contribution in [3.8, 4) is 0 Å². The first-order valence-electron chi connectivity index (χ1n) is 3.65. The Bertz CT molecular complexity index is 95.6. The highest BCUT2D eigenvalue weighted by Gasteiger charge is 1.96. The third-order valence-electron chi connectivity index (χ3n) is 0.956. The van der Waals surface area contributed by atoms with Crippen LogP contribution in [0.4, 0.5) is 0 Å². The molecule has 0 heterocycles. The van der Waals surface area contributed by atoms with Crippen molar-refractivity contribution in [2.75, 3.05) is 18.1 Å². The molecule has 0 rings (SSSR count). The van der Waals surface area contributed by atoms with E-state index in [1.54, 1.807) is 11.8 Å². The van der Waals surface area contributed by atoms with E-state index < -0.39 is 0 Å². The van der Waals surface area contributed by atoms with Gasteiger partial charge in [-0.3, -0.25) is 4.79 Å². The van der Waals surface area contributed by atoms with Crippen molar-refractivity contribution in [2.45, 2.75) is 20.3 Å². The second-order valence-corrected chi connectivity index (χ2v) is 3.11. The van der Waals surface area contributed by atoms with Crippen LogP contribution in [0.5, 0.6) is 0 Å². The lowest BCUT2D eigenvalue weighted by Gasteiger charge is -1.99. The average Bonchev–Trinajstić information content (AvgIpc) is 1.89. The molecular weight excluding hydrogens is 146 g/mol. The zero-order valence-corrected chi connectivity index (χ0v) is 7.46. The van der Waals surface area contributed by atoms with Crippen LogP contribution in [0.15, 0.2) is 0 Å². The number of hydrogen-bond donors (Lipinski definition) is 1. The van der Waals surface area contributed by atoms with Gasteiger partial charge in [-0.1, -0.05) is 6.92 Å². The maximum atomic E-state index is 10.8. The zero-order chi connectivity index (χ0) is 7.82. The fraction of sp³-hybridized carbons (Fsp3) is 0.857. The van der Waals surface area contributed by atoms with Crippen LogP contribution in [0.25, 0.3) is 0 Å². The molecule has 0 aliphatic rings. The SMILES string of the molecule is CCCSCC(=O)NCC. The molecule has 0 radical (unpaired) electrons. The van der Waals surface area contributed by atoms with E-state index in [9.17, 15) is 4.79 Å². The van der Waals surface area contributed by atoms with E-state index in [4.69, 9.17) is 0 Å². The minimum atomic E-state index is 0.154. The second-order valence-electron chi connectivity index (χ2n) is 2.01. The quantitative estimate of drug-likeness (QED) is 0.615. The number of rotatable bonds is 5. The first kappa shape index (κ1) is 9.82. The number of carbonyl (C=O) groups is 1. The van der Waals surface area contributed by atoms with Crippen LogP contribution in [0, 0.1) is 0 Å². The highest BCUT2D eigenvalue weighted by Crippen LogP contribution is 2.00. The van der Waals surface area contributed by atoms with Crippen molar-refractivity contribution in [2.24, 2.45) is 0 Å². The molecule has 0 saturated carbocycles. The van der Waals surface area contributed by atoms with E-state index in [0.29, 0.717) is 5.75 Å². The molecule has 0 aromatic heterocycles. The van der Waals surface area contributed by atoms with Crippen molar-refractivity contribution in [3.05, 3.63) is 0 Å². The van der Waals surface area contributed by atoms with Gasteiger partial charge in [0.15, 0.2) is 0 Å². The summed E-state index contributed by atoms with van der Waals surface area (Å²) in [5.74, 6) is 1.85.